The molecule has 0 aliphatic rings. The maximum Gasteiger partial charge on any atom is 0.309 e. The number of carboxylic acid groups (broad SMARTS) is 1. The van der Waals surface area contributed by atoms with Crippen LogP contribution in [0.1, 0.15) is 17.1 Å². The Kier molecular flexibility index (Phi) is 2.15. The third-order valence-corrected chi connectivity index (χ3v) is 2.31. The molecule has 0 bridgehead atoms. The van der Waals surface area contributed by atoms with Gasteiger partial charge < -0.3 is 5.11 Å². The summed E-state index contributed by atoms with van der Waals surface area (Å²) in [4.78, 5) is 19.0. The van der Waals surface area contributed by atoms with Crippen molar-refractivity contribution < 1.29 is 9.90 Å². The Morgan fingerprint density at radius 1 is 1.53 bits per heavy atom. The number of hydrogen-bond acceptors (Lipinski definition) is 3. The lowest BCUT2D eigenvalue weighted by molar-refractivity contribution is -0.136. The molecule has 2 aromatic rings. The van der Waals surface area contributed by atoms with E-state index in [9.17, 15) is 4.79 Å². The van der Waals surface area contributed by atoms with E-state index < -0.39 is 5.97 Å². The van der Waals surface area contributed by atoms with E-state index in [0.29, 0.717) is 5.69 Å². The van der Waals surface area contributed by atoms with Gasteiger partial charge in [0.15, 0.2) is 0 Å². The second-order valence-electron chi connectivity index (χ2n) is 3.47. The highest BCUT2D eigenvalue weighted by molar-refractivity contribution is 5.70. The Balaban J connectivity index is 2.58. The van der Waals surface area contributed by atoms with Gasteiger partial charge in [0, 0.05) is 17.5 Å². The Morgan fingerprint density at radius 2 is 2.27 bits per heavy atom. The maximum absolute atomic E-state index is 10.6. The zero-order chi connectivity index (χ0) is 11.0. The van der Waals surface area contributed by atoms with Crippen molar-refractivity contribution in [3.63, 3.8) is 0 Å². The van der Waals surface area contributed by atoms with Crippen LogP contribution in [0.5, 0.6) is 0 Å². The lowest BCUT2D eigenvalue weighted by Crippen LogP contribution is -2.02. The van der Waals surface area contributed by atoms with Crippen LogP contribution in [0.15, 0.2) is 12.4 Å². The molecule has 0 unspecified atom stereocenters. The Labute approximate surface area is 86.4 Å². The van der Waals surface area contributed by atoms with Gasteiger partial charge in [0.2, 0.25) is 0 Å². The molecule has 0 saturated carbocycles. The molecule has 0 spiro atoms. The summed E-state index contributed by atoms with van der Waals surface area (Å²) in [5.41, 5.74) is 3.04. The van der Waals surface area contributed by atoms with Crippen LogP contribution in [-0.4, -0.2) is 25.4 Å². The van der Waals surface area contributed by atoms with Gasteiger partial charge in [-0.25, -0.2) is 9.97 Å². The van der Waals surface area contributed by atoms with Crippen LogP contribution >= 0.6 is 0 Å². The van der Waals surface area contributed by atoms with Crippen molar-refractivity contribution in [2.24, 2.45) is 0 Å². The summed E-state index contributed by atoms with van der Waals surface area (Å²) in [5, 5.41) is 8.71. The molecular formula is C10H11N3O2. The van der Waals surface area contributed by atoms with Crippen molar-refractivity contribution in [1.29, 1.82) is 0 Å². The van der Waals surface area contributed by atoms with Crippen molar-refractivity contribution in [3.05, 3.63) is 29.5 Å². The lowest BCUT2D eigenvalue weighted by atomic mass is 10.3. The molecule has 2 aromatic heterocycles. The molecule has 0 saturated heterocycles. The zero-order valence-electron chi connectivity index (χ0n) is 8.56. The lowest BCUT2D eigenvalue weighted by Gasteiger charge is -1.96. The van der Waals surface area contributed by atoms with Gasteiger partial charge in [0.1, 0.15) is 12.0 Å². The minimum Gasteiger partial charge on any atom is -0.481 e. The average Bonchev–Trinajstić information content (AvgIpc) is 2.42. The summed E-state index contributed by atoms with van der Waals surface area (Å²) in [6.45, 7) is 3.72. The summed E-state index contributed by atoms with van der Waals surface area (Å²) in [6, 6.07) is 1.83. The van der Waals surface area contributed by atoms with Crippen LogP contribution in [0.4, 0.5) is 0 Å². The molecule has 78 valence electrons. The molecule has 0 aliphatic heterocycles. The van der Waals surface area contributed by atoms with Crippen LogP contribution in [0, 0.1) is 13.8 Å². The molecule has 15 heavy (non-hydrogen) atoms. The first-order valence-corrected chi connectivity index (χ1v) is 4.60. The molecule has 2 rings (SSSR count). The monoisotopic (exact) mass is 205 g/mol. The quantitative estimate of drug-likeness (QED) is 0.793. The second kappa shape index (κ2) is 3.34. The van der Waals surface area contributed by atoms with Crippen LogP contribution in [-0.2, 0) is 11.2 Å². The first kappa shape index (κ1) is 9.64. The predicted octanol–water partition coefficient (Wildman–Crippen LogP) is 0.973. The van der Waals surface area contributed by atoms with Crippen molar-refractivity contribution in [2.75, 3.05) is 0 Å². The molecule has 5 nitrogen and oxygen atoms in total. The zero-order valence-corrected chi connectivity index (χ0v) is 8.56. The van der Waals surface area contributed by atoms with E-state index in [0.717, 1.165) is 17.0 Å². The minimum absolute atomic E-state index is 0.0490. The molecule has 0 atom stereocenters. The number of nitrogens with zero attached hydrogens (tertiary/aromatic N) is 3. The van der Waals surface area contributed by atoms with E-state index in [1.54, 1.807) is 10.7 Å². The fraction of sp³-hybridized carbons (Fsp3) is 0.300. The van der Waals surface area contributed by atoms with Crippen molar-refractivity contribution in [2.45, 2.75) is 20.3 Å². The number of hydrogen-bond donors (Lipinski definition) is 1. The van der Waals surface area contributed by atoms with Gasteiger partial charge >= 0.3 is 5.97 Å². The first-order valence-electron chi connectivity index (χ1n) is 4.60. The number of rotatable bonds is 2. The normalized spacial score (nSPS) is 10.8. The standard InChI is InChI=1S/C10H11N3O2/c1-6-3-9-12-8(4-10(14)15)7(2)13(9)5-11-6/h3,5H,4H2,1-2H3,(H,14,15). The number of aryl methyl sites for hydroxylation is 2. The third kappa shape index (κ3) is 1.68. The number of fused-ring (bicyclic) bond motifs is 1. The van der Waals surface area contributed by atoms with Gasteiger partial charge in [-0.05, 0) is 13.8 Å². The van der Waals surface area contributed by atoms with Gasteiger partial charge in [-0.15, -0.1) is 0 Å². The topological polar surface area (TPSA) is 67.5 Å². The summed E-state index contributed by atoms with van der Waals surface area (Å²) >= 11 is 0. The van der Waals surface area contributed by atoms with Crippen molar-refractivity contribution in [3.8, 4) is 0 Å². The van der Waals surface area contributed by atoms with Gasteiger partial charge in [0.05, 0.1) is 12.1 Å². The number of imidazole rings is 1. The smallest absolute Gasteiger partial charge is 0.309 e. The number of aliphatic carboxylic acids is 1. The van der Waals surface area contributed by atoms with Gasteiger partial charge in [-0.3, -0.25) is 9.20 Å². The maximum atomic E-state index is 10.6. The molecule has 0 fully saturated rings. The van der Waals surface area contributed by atoms with E-state index in [1.807, 2.05) is 19.9 Å². The van der Waals surface area contributed by atoms with Gasteiger partial charge in [-0.1, -0.05) is 0 Å². The van der Waals surface area contributed by atoms with Crippen molar-refractivity contribution >= 4 is 11.6 Å². The van der Waals surface area contributed by atoms with E-state index >= 15 is 0 Å². The molecular weight excluding hydrogens is 194 g/mol. The van der Waals surface area contributed by atoms with Gasteiger partial charge in [0.25, 0.3) is 0 Å². The number of aromatic nitrogens is 3. The van der Waals surface area contributed by atoms with E-state index in [1.165, 1.54) is 0 Å². The Hall–Kier alpha value is -1.91. The van der Waals surface area contributed by atoms with Crippen LogP contribution in [0.2, 0.25) is 0 Å². The highest BCUT2D eigenvalue weighted by Crippen LogP contribution is 2.12. The van der Waals surface area contributed by atoms with E-state index in [4.69, 9.17) is 5.11 Å². The van der Waals surface area contributed by atoms with Crippen LogP contribution in [0.25, 0.3) is 5.65 Å². The molecule has 5 heteroatoms. The summed E-state index contributed by atoms with van der Waals surface area (Å²) in [7, 11) is 0. The van der Waals surface area contributed by atoms with E-state index in [2.05, 4.69) is 9.97 Å². The SMILES string of the molecule is Cc1cc2nc(CC(=O)O)c(C)n2cn1. The summed E-state index contributed by atoms with van der Waals surface area (Å²) < 4.78 is 1.80. The fourth-order valence-electron chi connectivity index (χ4n) is 1.52. The molecule has 0 radical (unpaired) electrons. The first-order chi connectivity index (χ1) is 7.08. The average molecular weight is 205 g/mol. The Morgan fingerprint density at radius 3 is 2.93 bits per heavy atom. The molecule has 1 N–H and O–H groups in total. The van der Waals surface area contributed by atoms with Crippen LogP contribution in [0.3, 0.4) is 0 Å². The largest absolute Gasteiger partial charge is 0.481 e. The molecule has 2 heterocycles. The highest BCUT2D eigenvalue weighted by Gasteiger charge is 2.11. The fourth-order valence-corrected chi connectivity index (χ4v) is 1.52. The number of carbonyl (C=O) groups is 1. The summed E-state index contributed by atoms with van der Waals surface area (Å²) in [5.74, 6) is -0.869. The van der Waals surface area contributed by atoms with E-state index in [-0.39, 0.29) is 6.42 Å². The molecule has 0 aromatic carbocycles. The predicted molar refractivity (Wildman–Crippen MR) is 53.8 cm³/mol. The summed E-state index contributed by atoms with van der Waals surface area (Å²) in [6.07, 6.45) is 1.62. The van der Waals surface area contributed by atoms with Crippen molar-refractivity contribution in [1.82, 2.24) is 14.4 Å². The minimum atomic E-state index is -0.869. The second-order valence-corrected chi connectivity index (χ2v) is 3.47. The third-order valence-electron chi connectivity index (χ3n) is 2.31. The molecule has 0 aliphatic carbocycles. The molecule has 0 amide bonds. The number of carboxylic acids is 1. The van der Waals surface area contributed by atoms with Crippen LogP contribution < -0.4 is 0 Å². The highest BCUT2D eigenvalue weighted by atomic mass is 16.4. The Bertz CT molecular complexity index is 531. The van der Waals surface area contributed by atoms with Gasteiger partial charge in [-0.2, -0.15) is 0 Å².